The van der Waals surface area contributed by atoms with Gasteiger partial charge in [0, 0.05) is 5.39 Å². The molecule has 0 saturated carbocycles. The van der Waals surface area contributed by atoms with Crippen molar-refractivity contribution >= 4 is 10.9 Å². The van der Waals surface area contributed by atoms with Gasteiger partial charge in [-0.15, -0.1) is 0 Å². The molecule has 1 aromatic heterocycles. The molecule has 0 saturated heterocycles. The van der Waals surface area contributed by atoms with E-state index in [9.17, 15) is 27.8 Å². The maximum absolute atomic E-state index is 13.3. The molecule has 0 amide bonds. The Hall–Kier alpha value is -3.43. The lowest BCUT2D eigenvalue weighted by atomic mass is 10.0. The maximum Gasteiger partial charge on any atom is 0.447 e. The van der Waals surface area contributed by atoms with Crippen LogP contribution in [0.4, 0.5) is 17.6 Å². The highest BCUT2D eigenvalue weighted by Crippen LogP contribution is 2.41. The molecule has 0 radical (unpaired) electrons. The molecular weight excluding hydrogens is 416 g/mol. The second kappa shape index (κ2) is 7.68. The first-order chi connectivity index (χ1) is 14.7. The molecule has 5 nitrogen and oxygen atoms in total. The lowest BCUT2D eigenvalue weighted by Crippen LogP contribution is -2.52. The second-order valence-electron chi connectivity index (χ2n) is 6.89. The van der Waals surface area contributed by atoms with E-state index in [-0.39, 0.29) is 11.3 Å². The maximum atomic E-state index is 13.3. The molecule has 0 aliphatic carbocycles. The minimum absolute atomic E-state index is 0.0169. The van der Waals surface area contributed by atoms with Gasteiger partial charge in [0.25, 0.3) is 0 Å². The Bertz CT molecular complexity index is 1190. The van der Waals surface area contributed by atoms with Gasteiger partial charge in [-0.1, -0.05) is 30.3 Å². The van der Waals surface area contributed by atoms with E-state index >= 15 is 0 Å². The minimum atomic E-state index is -5.36. The van der Waals surface area contributed by atoms with Gasteiger partial charge in [-0.25, -0.2) is 9.07 Å². The lowest BCUT2D eigenvalue weighted by molar-refractivity contribution is -0.376. The van der Waals surface area contributed by atoms with Crippen molar-refractivity contribution in [2.75, 3.05) is 0 Å². The molecule has 0 bridgehead atoms. The Labute approximate surface area is 173 Å². The Morgan fingerprint density at radius 1 is 0.903 bits per heavy atom. The van der Waals surface area contributed by atoms with Gasteiger partial charge in [0.1, 0.15) is 11.6 Å². The summed E-state index contributed by atoms with van der Waals surface area (Å²) in [6.45, 7) is 0. The number of fused-ring (bicyclic) bond motifs is 1. The molecule has 0 aliphatic rings. The van der Waals surface area contributed by atoms with Crippen LogP contribution in [0.15, 0.2) is 79.0 Å². The summed E-state index contributed by atoms with van der Waals surface area (Å²) in [5.74, 6) is -4.54. The average molecular weight is 432 g/mol. The number of hydrogen-bond acceptors (Lipinski definition) is 4. The predicted octanol–water partition coefficient (Wildman–Crippen LogP) is 4.53. The van der Waals surface area contributed by atoms with Gasteiger partial charge in [-0.05, 0) is 48.0 Å². The summed E-state index contributed by atoms with van der Waals surface area (Å²) < 4.78 is 60.1. The van der Waals surface area contributed by atoms with E-state index in [1.807, 2.05) is 0 Å². The lowest BCUT2D eigenvalue weighted by Gasteiger charge is -2.33. The number of rotatable bonds is 5. The van der Waals surface area contributed by atoms with Crippen molar-refractivity contribution in [1.82, 2.24) is 9.78 Å². The molecule has 1 unspecified atom stereocenters. The summed E-state index contributed by atoms with van der Waals surface area (Å²) in [7, 11) is 0. The summed E-state index contributed by atoms with van der Waals surface area (Å²) in [6.07, 6.45) is -6.01. The highest BCUT2D eigenvalue weighted by atomic mass is 19.4. The number of benzene rings is 3. The quantitative estimate of drug-likeness (QED) is 0.359. The van der Waals surface area contributed by atoms with Gasteiger partial charge in [-0.3, -0.25) is 0 Å². The van der Waals surface area contributed by atoms with Crippen molar-refractivity contribution in [1.29, 1.82) is 0 Å². The molecule has 160 valence electrons. The zero-order chi connectivity index (χ0) is 22.2. The van der Waals surface area contributed by atoms with Gasteiger partial charge < -0.3 is 14.9 Å². The highest BCUT2D eigenvalue weighted by Gasteiger charge is 2.60. The molecular formula is C22H16F4N2O3. The highest BCUT2D eigenvalue weighted by molar-refractivity contribution is 5.81. The van der Waals surface area contributed by atoms with Crippen molar-refractivity contribution < 1.29 is 32.5 Å². The number of aromatic nitrogens is 2. The van der Waals surface area contributed by atoms with Crippen molar-refractivity contribution in [3.8, 4) is 11.4 Å². The van der Waals surface area contributed by atoms with E-state index in [2.05, 4.69) is 5.10 Å². The number of hydrogen-bond donors (Lipinski definition) is 2. The molecule has 31 heavy (non-hydrogen) atoms. The topological polar surface area (TPSA) is 67.5 Å². The van der Waals surface area contributed by atoms with E-state index in [0.29, 0.717) is 16.6 Å². The third-order valence-electron chi connectivity index (χ3n) is 4.75. The van der Waals surface area contributed by atoms with Crippen LogP contribution in [0.1, 0.15) is 11.7 Å². The molecule has 0 spiro atoms. The number of nitrogens with zero attached hydrogens (tertiary/aromatic N) is 2. The first-order valence-electron chi connectivity index (χ1n) is 9.13. The molecule has 4 rings (SSSR count). The Morgan fingerprint density at radius 3 is 2.23 bits per heavy atom. The SMILES string of the molecule is OC(O)(C(Oc1ccc2c(cnn2-c2ccc(F)cc2)c1)c1ccccc1)C(F)(F)F. The van der Waals surface area contributed by atoms with Gasteiger partial charge in [-0.2, -0.15) is 18.3 Å². The van der Waals surface area contributed by atoms with Crippen LogP contribution < -0.4 is 4.74 Å². The smallest absolute Gasteiger partial charge is 0.447 e. The first kappa shape index (κ1) is 20.8. The largest absolute Gasteiger partial charge is 0.480 e. The molecule has 0 fully saturated rings. The summed E-state index contributed by atoms with van der Waals surface area (Å²) >= 11 is 0. The number of aliphatic hydroxyl groups is 2. The van der Waals surface area contributed by atoms with Gasteiger partial charge in [0.15, 0.2) is 6.10 Å². The number of ether oxygens (including phenoxy) is 1. The molecule has 2 N–H and O–H groups in total. The van der Waals surface area contributed by atoms with Crippen LogP contribution in [0.25, 0.3) is 16.6 Å². The number of alkyl halides is 3. The summed E-state index contributed by atoms with van der Waals surface area (Å²) in [5.41, 5.74) is 1.13. The van der Waals surface area contributed by atoms with Gasteiger partial charge >= 0.3 is 12.0 Å². The summed E-state index contributed by atoms with van der Waals surface area (Å²) in [5, 5.41) is 24.5. The van der Waals surface area contributed by atoms with E-state index in [1.165, 1.54) is 71.5 Å². The Balaban J connectivity index is 1.71. The van der Waals surface area contributed by atoms with Crippen LogP contribution in [0, 0.1) is 5.82 Å². The molecule has 1 heterocycles. The van der Waals surface area contributed by atoms with Crippen LogP contribution >= 0.6 is 0 Å². The summed E-state index contributed by atoms with van der Waals surface area (Å²) in [4.78, 5) is 0. The van der Waals surface area contributed by atoms with E-state index in [4.69, 9.17) is 4.74 Å². The molecule has 3 aromatic carbocycles. The standard InChI is InChI=1S/C22H16F4N2O3/c23-16-6-8-17(9-7-16)28-19-11-10-18(12-15(19)13-27-28)31-20(14-4-2-1-3-5-14)21(29,30)22(24,25)26/h1-13,20,29-30H. The fourth-order valence-electron chi connectivity index (χ4n) is 3.17. The van der Waals surface area contributed by atoms with Crippen LogP contribution in [0.3, 0.4) is 0 Å². The van der Waals surface area contributed by atoms with E-state index < -0.39 is 23.9 Å². The van der Waals surface area contributed by atoms with Crippen LogP contribution in [-0.2, 0) is 0 Å². The zero-order valence-corrected chi connectivity index (χ0v) is 15.8. The minimum Gasteiger partial charge on any atom is -0.480 e. The van der Waals surface area contributed by atoms with E-state index in [0.717, 1.165) is 0 Å². The average Bonchev–Trinajstić information content (AvgIpc) is 3.15. The fourth-order valence-corrected chi connectivity index (χ4v) is 3.17. The third kappa shape index (κ3) is 3.97. The predicted molar refractivity (Wildman–Crippen MR) is 104 cm³/mol. The van der Waals surface area contributed by atoms with Crippen molar-refractivity contribution in [2.45, 2.75) is 18.1 Å². The van der Waals surface area contributed by atoms with Crippen molar-refractivity contribution in [3.63, 3.8) is 0 Å². The van der Waals surface area contributed by atoms with Crippen molar-refractivity contribution in [2.24, 2.45) is 0 Å². The van der Waals surface area contributed by atoms with Crippen LogP contribution in [0.2, 0.25) is 0 Å². The monoisotopic (exact) mass is 432 g/mol. The molecule has 0 aliphatic heterocycles. The number of halogens is 4. The van der Waals surface area contributed by atoms with Crippen LogP contribution in [-0.4, -0.2) is 32.0 Å². The molecule has 1 atom stereocenters. The van der Waals surface area contributed by atoms with E-state index in [1.54, 1.807) is 12.1 Å². The Kier molecular flexibility index (Phi) is 5.16. The van der Waals surface area contributed by atoms with Gasteiger partial charge in [0.05, 0.1) is 17.4 Å². The molecule has 9 heteroatoms. The summed E-state index contributed by atoms with van der Waals surface area (Å²) in [6, 6.07) is 17.2. The van der Waals surface area contributed by atoms with Crippen molar-refractivity contribution in [3.05, 3.63) is 90.4 Å². The zero-order valence-electron chi connectivity index (χ0n) is 15.8. The first-order valence-corrected chi connectivity index (χ1v) is 9.13. The Morgan fingerprint density at radius 2 is 1.58 bits per heavy atom. The second-order valence-corrected chi connectivity index (χ2v) is 6.89. The fraction of sp³-hybridized carbons (Fsp3) is 0.136. The van der Waals surface area contributed by atoms with Crippen LogP contribution in [0.5, 0.6) is 5.75 Å². The third-order valence-corrected chi connectivity index (χ3v) is 4.75. The van der Waals surface area contributed by atoms with Gasteiger partial charge in [0.2, 0.25) is 0 Å². The molecule has 4 aromatic rings. The normalized spacial score (nSPS) is 13.4.